The van der Waals surface area contributed by atoms with Gasteiger partial charge in [0.2, 0.25) is 5.78 Å². The largest absolute Gasteiger partial charge is 0.362 e. The smallest absolute Gasteiger partial charge is 0.345 e. The van der Waals surface area contributed by atoms with Crippen molar-refractivity contribution in [2.75, 3.05) is 31.2 Å². The molecule has 0 spiro atoms. The number of nitrogens with zero attached hydrogens (tertiary/aromatic N) is 3. The standard InChI is InChI=1S/C17H25ClN3O4P/c1-4-24-26(23,25-5-2)17-16(22)20(13-6-7-13)8-9-21(17)14-10-12(3)11-19-15(14)18/h10-11,13,17H,4-9H2,1-3H3. The second-order valence-electron chi connectivity index (χ2n) is 6.53. The van der Waals surface area contributed by atoms with Crippen LogP contribution in [0.5, 0.6) is 0 Å². The predicted molar refractivity (Wildman–Crippen MR) is 101 cm³/mol. The highest BCUT2D eigenvalue weighted by Gasteiger charge is 2.52. The summed E-state index contributed by atoms with van der Waals surface area (Å²) in [5.74, 6) is -1.26. The van der Waals surface area contributed by atoms with Gasteiger partial charge in [0, 0.05) is 25.3 Å². The first-order valence-corrected chi connectivity index (χ1v) is 11.0. The molecule has 9 heteroatoms. The van der Waals surface area contributed by atoms with Crippen LogP contribution in [0.1, 0.15) is 32.3 Å². The SMILES string of the molecule is CCOP(=O)(OCC)C1C(=O)N(C2CC2)CCN1c1cc(C)cnc1Cl. The van der Waals surface area contributed by atoms with Gasteiger partial charge in [-0.2, -0.15) is 0 Å². The molecule has 1 saturated heterocycles. The van der Waals surface area contributed by atoms with Crippen molar-refractivity contribution in [2.45, 2.75) is 45.4 Å². The van der Waals surface area contributed by atoms with Crippen LogP contribution in [0, 0.1) is 6.92 Å². The number of anilines is 1. The lowest BCUT2D eigenvalue weighted by Gasteiger charge is -2.43. The highest BCUT2D eigenvalue weighted by Crippen LogP contribution is 2.57. The monoisotopic (exact) mass is 401 g/mol. The average molecular weight is 402 g/mol. The first-order chi connectivity index (χ1) is 12.4. The van der Waals surface area contributed by atoms with Gasteiger partial charge in [-0.15, -0.1) is 0 Å². The zero-order valence-corrected chi connectivity index (χ0v) is 17.0. The molecular formula is C17H25ClN3O4P. The van der Waals surface area contributed by atoms with E-state index in [1.54, 1.807) is 24.9 Å². The number of carbonyl (C=O) groups is 1. The Morgan fingerprint density at radius 3 is 2.42 bits per heavy atom. The number of rotatable bonds is 7. The van der Waals surface area contributed by atoms with Gasteiger partial charge < -0.3 is 18.8 Å². The van der Waals surface area contributed by atoms with E-state index in [2.05, 4.69) is 4.98 Å². The molecule has 1 aromatic rings. The van der Waals surface area contributed by atoms with E-state index >= 15 is 0 Å². The van der Waals surface area contributed by atoms with Gasteiger partial charge in [0.15, 0.2) is 5.15 Å². The van der Waals surface area contributed by atoms with E-state index in [9.17, 15) is 9.36 Å². The fourth-order valence-electron chi connectivity index (χ4n) is 3.31. The summed E-state index contributed by atoms with van der Waals surface area (Å²) in [6.45, 7) is 6.82. The summed E-state index contributed by atoms with van der Waals surface area (Å²) in [6.07, 6.45) is 3.63. The third-order valence-electron chi connectivity index (χ3n) is 4.55. The van der Waals surface area contributed by atoms with Crippen LogP contribution in [0.15, 0.2) is 12.3 Å². The highest BCUT2D eigenvalue weighted by molar-refractivity contribution is 7.56. The van der Waals surface area contributed by atoms with Crippen LogP contribution < -0.4 is 4.90 Å². The first-order valence-electron chi connectivity index (χ1n) is 8.99. The topological polar surface area (TPSA) is 72.0 Å². The molecule has 1 aliphatic heterocycles. The van der Waals surface area contributed by atoms with Gasteiger partial charge >= 0.3 is 7.60 Å². The summed E-state index contributed by atoms with van der Waals surface area (Å²) in [5, 5.41) is 0.271. The Morgan fingerprint density at radius 2 is 1.85 bits per heavy atom. The first kappa shape index (κ1) is 19.6. The van der Waals surface area contributed by atoms with Crippen molar-refractivity contribution in [1.82, 2.24) is 9.88 Å². The molecule has 1 saturated carbocycles. The Hall–Kier alpha value is -1.14. The summed E-state index contributed by atoms with van der Waals surface area (Å²) in [4.78, 5) is 21.0. The van der Waals surface area contributed by atoms with Gasteiger partial charge in [-0.3, -0.25) is 9.36 Å². The van der Waals surface area contributed by atoms with Crippen LogP contribution in [-0.2, 0) is 18.4 Å². The van der Waals surface area contributed by atoms with E-state index in [0.717, 1.165) is 18.4 Å². The average Bonchev–Trinajstić information content (AvgIpc) is 3.42. The molecule has 1 unspecified atom stereocenters. The molecule has 3 rings (SSSR count). The van der Waals surface area contributed by atoms with E-state index in [-0.39, 0.29) is 30.3 Å². The molecule has 0 N–H and O–H groups in total. The minimum Gasteiger partial charge on any atom is -0.345 e. The Bertz CT molecular complexity index is 718. The van der Waals surface area contributed by atoms with Crippen molar-refractivity contribution in [3.8, 4) is 0 Å². The molecule has 0 bridgehead atoms. The van der Waals surface area contributed by atoms with Crippen LogP contribution >= 0.6 is 19.2 Å². The Labute approximate surface area is 159 Å². The molecule has 0 aromatic carbocycles. The maximum Gasteiger partial charge on any atom is 0.362 e. The number of carbonyl (C=O) groups excluding carboxylic acids is 1. The number of hydrogen-bond donors (Lipinski definition) is 0. The number of halogens is 1. The number of pyridine rings is 1. The Balaban J connectivity index is 2.04. The minimum absolute atomic E-state index is 0.193. The van der Waals surface area contributed by atoms with Crippen LogP contribution in [0.4, 0.5) is 5.69 Å². The van der Waals surface area contributed by atoms with Crippen LogP contribution in [0.2, 0.25) is 5.15 Å². The van der Waals surface area contributed by atoms with Gasteiger partial charge in [0.1, 0.15) is 0 Å². The molecule has 144 valence electrons. The molecule has 2 heterocycles. The zero-order chi connectivity index (χ0) is 18.9. The molecule has 26 heavy (non-hydrogen) atoms. The van der Waals surface area contributed by atoms with Crippen molar-refractivity contribution in [2.24, 2.45) is 0 Å². The van der Waals surface area contributed by atoms with E-state index in [1.165, 1.54) is 0 Å². The number of piperazine rings is 1. The summed E-state index contributed by atoms with van der Waals surface area (Å²) in [5.41, 5.74) is 1.49. The van der Waals surface area contributed by atoms with Crippen LogP contribution in [-0.4, -0.2) is 53.9 Å². The van der Waals surface area contributed by atoms with E-state index in [1.807, 2.05) is 17.9 Å². The lowest BCUT2D eigenvalue weighted by atomic mass is 10.2. The van der Waals surface area contributed by atoms with Gasteiger partial charge in [-0.1, -0.05) is 11.6 Å². The second-order valence-corrected chi connectivity index (χ2v) is 8.97. The Kier molecular flexibility index (Phi) is 5.92. The summed E-state index contributed by atoms with van der Waals surface area (Å²) < 4.78 is 24.6. The summed E-state index contributed by atoms with van der Waals surface area (Å²) in [6, 6.07) is 2.08. The second kappa shape index (κ2) is 7.85. The van der Waals surface area contributed by atoms with Crippen molar-refractivity contribution in [3.05, 3.63) is 23.0 Å². The quantitative estimate of drug-likeness (QED) is 0.514. The minimum atomic E-state index is -3.71. The van der Waals surface area contributed by atoms with Crippen molar-refractivity contribution in [3.63, 3.8) is 0 Å². The zero-order valence-electron chi connectivity index (χ0n) is 15.4. The normalized spacial score (nSPS) is 21.4. The highest BCUT2D eigenvalue weighted by atomic mass is 35.5. The van der Waals surface area contributed by atoms with Gasteiger partial charge in [0.25, 0.3) is 5.91 Å². The molecule has 2 fully saturated rings. The van der Waals surface area contributed by atoms with Crippen molar-refractivity contribution in [1.29, 1.82) is 0 Å². The van der Waals surface area contributed by atoms with E-state index in [0.29, 0.717) is 18.8 Å². The third-order valence-corrected chi connectivity index (χ3v) is 7.18. The molecule has 0 radical (unpaired) electrons. The summed E-state index contributed by atoms with van der Waals surface area (Å²) in [7, 11) is -3.71. The molecule has 1 aromatic heterocycles. The molecule has 1 aliphatic carbocycles. The van der Waals surface area contributed by atoms with Crippen molar-refractivity contribution >= 4 is 30.8 Å². The molecule has 7 nitrogen and oxygen atoms in total. The lowest BCUT2D eigenvalue weighted by molar-refractivity contribution is -0.133. The fraction of sp³-hybridized carbons (Fsp3) is 0.647. The van der Waals surface area contributed by atoms with E-state index in [4.69, 9.17) is 20.6 Å². The Morgan fingerprint density at radius 1 is 1.23 bits per heavy atom. The number of aromatic nitrogens is 1. The van der Waals surface area contributed by atoms with Crippen LogP contribution in [0.25, 0.3) is 0 Å². The number of amides is 1. The van der Waals surface area contributed by atoms with Gasteiger partial charge in [-0.05, 0) is 45.2 Å². The molecule has 1 atom stereocenters. The van der Waals surface area contributed by atoms with Crippen molar-refractivity contribution < 1.29 is 18.4 Å². The maximum atomic E-state index is 13.6. The number of hydrogen-bond acceptors (Lipinski definition) is 6. The van der Waals surface area contributed by atoms with Crippen LogP contribution in [0.3, 0.4) is 0 Å². The summed E-state index contributed by atoms with van der Waals surface area (Å²) >= 11 is 6.31. The van der Waals surface area contributed by atoms with E-state index < -0.39 is 13.4 Å². The van der Waals surface area contributed by atoms with Gasteiger partial charge in [0.05, 0.1) is 18.9 Å². The maximum absolute atomic E-state index is 13.6. The van der Waals surface area contributed by atoms with Gasteiger partial charge in [-0.25, -0.2) is 4.98 Å². The molecular weight excluding hydrogens is 377 g/mol. The molecule has 1 amide bonds. The lowest BCUT2D eigenvalue weighted by Crippen LogP contribution is -2.58. The number of aryl methyl sites for hydroxylation is 1. The third kappa shape index (κ3) is 3.77. The fourth-order valence-corrected chi connectivity index (χ4v) is 5.60. The molecule has 2 aliphatic rings. The predicted octanol–water partition coefficient (Wildman–Crippen LogP) is 3.45.